The lowest BCUT2D eigenvalue weighted by Crippen LogP contribution is -2.11. The van der Waals surface area contributed by atoms with E-state index in [1.807, 2.05) is 0 Å². The third-order valence-electron chi connectivity index (χ3n) is 5.78. The van der Waals surface area contributed by atoms with Gasteiger partial charge in [-0.3, -0.25) is 0 Å². The molecule has 0 N–H and O–H groups in total. The Bertz CT molecular complexity index is 1020. The van der Waals surface area contributed by atoms with Crippen LogP contribution in [0, 0.1) is 13.8 Å². The molecule has 0 bridgehead atoms. The van der Waals surface area contributed by atoms with Crippen LogP contribution in [0.15, 0.2) is 48.5 Å². The highest BCUT2D eigenvalue weighted by molar-refractivity contribution is 14.2. The maximum absolute atomic E-state index is 2.64. The number of fused-ring (bicyclic) bond motifs is 6. The summed E-state index contributed by atoms with van der Waals surface area (Å²) in [6.07, 6.45) is 0. The molecule has 0 nitrogen and oxygen atoms in total. The zero-order valence-corrected chi connectivity index (χ0v) is 21.2. The molecule has 0 aliphatic heterocycles. The lowest BCUT2D eigenvalue weighted by Gasteiger charge is -2.21. The summed E-state index contributed by atoms with van der Waals surface area (Å²) < 4.78 is 0.0203. The Morgan fingerprint density at radius 1 is 0.577 bits per heavy atom. The Kier molecular flexibility index (Phi) is 3.92. The zero-order valence-electron chi connectivity index (χ0n) is 14.8. The van der Waals surface area contributed by atoms with Gasteiger partial charge in [0.2, 0.25) is 0 Å². The maximum atomic E-state index is 2.64. The highest BCUT2D eigenvalue weighted by atomic mass is 127. The molecule has 3 aromatic carbocycles. The second kappa shape index (κ2) is 5.69. The lowest BCUT2D eigenvalue weighted by molar-refractivity contribution is 0.913. The van der Waals surface area contributed by atoms with Gasteiger partial charge in [-0.15, -0.1) is 0 Å². The van der Waals surface area contributed by atoms with Crippen LogP contribution < -0.4 is 0 Å². The van der Waals surface area contributed by atoms with E-state index < -0.39 is 0 Å². The summed E-state index contributed by atoms with van der Waals surface area (Å²) >= 11 is 7.90. The molecule has 0 saturated heterocycles. The van der Waals surface area contributed by atoms with Crippen molar-refractivity contribution in [2.75, 3.05) is 0 Å². The summed E-state index contributed by atoms with van der Waals surface area (Å²) in [5.74, 6) is 0. The number of hydrogen-bond acceptors (Lipinski definition) is 0. The van der Waals surface area contributed by atoms with E-state index in [9.17, 15) is 0 Å². The number of rotatable bonds is 0. The molecule has 1 unspecified atom stereocenters. The van der Waals surface area contributed by atoms with Crippen LogP contribution in [0.4, 0.5) is 0 Å². The molecule has 2 aliphatic carbocycles. The second-order valence-electron chi connectivity index (χ2n) is 7.62. The molecular weight excluding hydrogens is 657 g/mol. The summed E-state index contributed by atoms with van der Waals surface area (Å²) in [6, 6.07) is 18.8. The summed E-state index contributed by atoms with van der Waals surface area (Å²) in [7, 11) is 0. The molecule has 0 radical (unpaired) electrons. The number of alkyl halides is 3. The minimum atomic E-state index is -0.00361. The fraction of sp³-hybridized carbons (Fsp3) is 0.217. The first-order chi connectivity index (χ1) is 12.2. The molecule has 2 aliphatic rings. The van der Waals surface area contributed by atoms with E-state index in [0.29, 0.717) is 0 Å². The molecule has 3 heteroatoms. The van der Waals surface area contributed by atoms with Crippen molar-refractivity contribution in [3.8, 4) is 22.3 Å². The van der Waals surface area contributed by atoms with E-state index in [2.05, 4.69) is 137 Å². The Labute approximate surface area is 195 Å². The highest BCUT2D eigenvalue weighted by Gasteiger charge is 2.44. The molecule has 0 fully saturated rings. The normalized spacial score (nSPS) is 21.2. The SMILES string of the molecule is Cc1ccc2c(c1)C(C)(I)c1cc3c(cc1-2)C(I)(I)c1cc(C)ccc1-3. The molecule has 0 spiro atoms. The monoisotopic (exact) mass is 674 g/mol. The van der Waals surface area contributed by atoms with Gasteiger partial charge in [0.05, 0.1) is 3.42 Å². The maximum Gasteiger partial charge on any atom is 0.124 e. The van der Waals surface area contributed by atoms with Crippen molar-refractivity contribution in [2.24, 2.45) is 0 Å². The Morgan fingerprint density at radius 3 is 1.65 bits per heavy atom. The van der Waals surface area contributed by atoms with Crippen LogP contribution in [0.25, 0.3) is 22.3 Å². The molecular formula is C23H17I3. The van der Waals surface area contributed by atoms with Gasteiger partial charge in [-0.25, -0.2) is 0 Å². The first kappa shape index (κ1) is 17.9. The van der Waals surface area contributed by atoms with E-state index in [-0.39, 0.29) is 4.85 Å². The van der Waals surface area contributed by atoms with Gasteiger partial charge < -0.3 is 0 Å². The molecule has 0 heterocycles. The van der Waals surface area contributed by atoms with Crippen molar-refractivity contribution in [1.29, 1.82) is 0 Å². The van der Waals surface area contributed by atoms with Crippen molar-refractivity contribution >= 4 is 67.8 Å². The zero-order chi connectivity index (χ0) is 18.4. The summed E-state index contributed by atoms with van der Waals surface area (Å²) in [6.45, 7) is 6.73. The molecule has 0 amide bonds. The van der Waals surface area contributed by atoms with Gasteiger partial charge >= 0.3 is 0 Å². The average molecular weight is 674 g/mol. The Balaban J connectivity index is 1.84. The fourth-order valence-electron chi connectivity index (χ4n) is 4.42. The van der Waals surface area contributed by atoms with E-state index in [1.54, 1.807) is 0 Å². The minimum Gasteiger partial charge on any atom is -0.0686 e. The fourth-order valence-corrected chi connectivity index (χ4v) is 7.10. The molecule has 1 atom stereocenters. The van der Waals surface area contributed by atoms with Crippen molar-refractivity contribution in [3.63, 3.8) is 0 Å². The van der Waals surface area contributed by atoms with Crippen molar-refractivity contribution in [2.45, 2.75) is 25.6 Å². The van der Waals surface area contributed by atoms with Gasteiger partial charge in [0.15, 0.2) is 0 Å². The van der Waals surface area contributed by atoms with E-state index >= 15 is 0 Å². The van der Waals surface area contributed by atoms with Crippen LogP contribution >= 0.6 is 67.8 Å². The van der Waals surface area contributed by atoms with Crippen LogP contribution in [0.2, 0.25) is 0 Å². The van der Waals surface area contributed by atoms with Gasteiger partial charge in [0, 0.05) is 0 Å². The standard InChI is InChI=1S/C23H17I3/c1-12-4-6-14-16-11-21-17(10-19(16)22(3,24)18(14)8-12)15-7-5-13(2)9-20(15)23(21,25)26/h4-11H,1-3H3. The average Bonchev–Trinajstić information content (AvgIpc) is 2.93. The van der Waals surface area contributed by atoms with Crippen molar-refractivity contribution in [3.05, 3.63) is 81.9 Å². The smallest absolute Gasteiger partial charge is 0.0686 e. The van der Waals surface area contributed by atoms with Crippen molar-refractivity contribution in [1.82, 2.24) is 0 Å². The first-order valence-electron chi connectivity index (χ1n) is 8.70. The number of benzene rings is 3. The Hall–Kier alpha value is -0.150. The predicted octanol–water partition coefficient (Wildman–Crippen LogP) is 8.03. The van der Waals surface area contributed by atoms with Gasteiger partial charge in [-0.1, -0.05) is 115 Å². The van der Waals surface area contributed by atoms with Crippen LogP contribution in [-0.4, -0.2) is 0 Å². The molecule has 5 rings (SSSR count). The van der Waals surface area contributed by atoms with Gasteiger partial charge in [-0.2, -0.15) is 0 Å². The summed E-state index contributed by atoms with van der Waals surface area (Å²) in [5, 5.41) is 0. The Morgan fingerprint density at radius 2 is 1.00 bits per heavy atom. The molecule has 26 heavy (non-hydrogen) atoms. The predicted molar refractivity (Wildman–Crippen MR) is 136 cm³/mol. The molecule has 3 aromatic rings. The summed E-state index contributed by atoms with van der Waals surface area (Å²) in [4.78, 5) is 0. The van der Waals surface area contributed by atoms with E-state index in [4.69, 9.17) is 0 Å². The minimum absolute atomic E-state index is 0.00361. The second-order valence-corrected chi connectivity index (χ2v) is 15.1. The molecule has 0 saturated carbocycles. The molecule has 130 valence electrons. The van der Waals surface area contributed by atoms with Crippen LogP contribution in [0.3, 0.4) is 0 Å². The van der Waals surface area contributed by atoms with Crippen LogP contribution in [-0.2, 0) is 4.85 Å². The topological polar surface area (TPSA) is 0 Å². The van der Waals surface area contributed by atoms with Crippen LogP contribution in [0.5, 0.6) is 0 Å². The molecule has 0 aromatic heterocycles. The number of hydrogen-bond donors (Lipinski definition) is 0. The van der Waals surface area contributed by atoms with Gasteiger partial charge in [0.1, 0.15) is 1.43 Å². The third-order valence-corrected chi connectivity index (χ3v) is 9.26. The van der Waals surface area contributed by atoms with Gasteiger partial charge in [0.25, 0.3) is 0 Å². The summed E-state index contributed by atoms with van der Waals surface area (Å²) in [5.41, 5.74) is 14.1. The van der Waals surface area contributed by atoms with E-state index in [0.717, 1.165) is 0 Å². The van der Waals surface area contributed by atoms with Crippen LogP contribution in [0.1, 0.15) is 40.3 Å². The number of aryl methyl sites for hydroxylation is 2. The highest BCUT2D eigenvalue weighted by Crippen LogP contribution is 2.61. The first-order valence-corrected chi connectivity index (χ1v) is 11.9. The number of halogens is 3. The largest absolute Gasteiger partial charge is 0.124 e. The van der Waals surface area contributed by atoms with Gasteiger partial charge in [-0.05, 0) is 77.4 Å². The quantitative estimate of drug-likeness (QED) is 0.168. The third kappa shape index (κ3) is 2.28. The van der Waals surface area contributed by atoms with Crippen molar-refractivity contribution < 1.29 is 0 Å². The lowest BCUT2D eigenvalue weighted by atomic mass is 9.94. The van der Waals surface area contributed by atoms with E-state index in [1.165, 1.54) is 55.6 Å².